The first-order valence-corrected chi connectivity index (χ1v) is 3.97. The molecule has 0 amide bonds. The van der Waals surface area contributed by atoms with Crippen molar-refractivity contribution in [2.45, 2.75) is 13.8 Å². The number of allylic oxidation sites excluding steroid dienone is 6. The van der Waals surface area contributed by atoms with E-state index >= 15 is 0 Å². The Morgan fingerprint density at radius 3 is 2.33 bits per heavy atom. The molecule has 50 valence electrons. The third-order valence-electron chi connectivity index (χ3n) is 0.741. The average Bonchev–Trinajstić information content (AvgIpc) is 1.80. The lowest BCUT2D eigenvalue weighted by Gasteiger charge is -1.77. The van der Waals surface area contributed by atoms with Crippen molar-refractivity contribution in [3.63, 3.8) is 0 Å². The van der Waals surface area contributed by atoms with Gasteiger partial charge in [-0.15, -0.1) is 0 Å². The molecule has 0 heterocycles. The molecule has 0 saturated heterocycles. The Kier molecular flexibility index (Phi) is 6.04. The molecule has 0 aliphatic carbocycles. The van der Waals surface area contributed by atoms with Crippen LogP contribution in [0.2, 0.25) is 0 Å². The first kappa shape index (κ1) is 8.95. The van der Waals surface area contributed by atoms with Gasteiger partial charge in [0.2, 0.25) is 0 Å². The van der Waals surface area contributed by atoms with Crippen LogP contribution in [0.4, 0.5) is 0 Å². The number of halogens is 1. The summed E-state index contributed by atoms with van der Waals surface area (Å²) in [5, 5.41) is 0. The lowest BCUT2D eigenvalue weighted by Crippen LogP contribution is -1.52. The van der Waals surface area contributed by atoms with Crippen LogP contribution >= 0.6 is 22.6 Å². The molecule has 0 fully saturated rings. The van der Waals surface area contributed by atoms with Gasteiger partial charge in [0.25, 0.3) is 0 Å². The van der Waals surface area contributed by atoms with Gasteiger partial charge in [0.05, 0.1) is 0 Å². The van der Waals surface area contributed by atoms with Gasteiger partial charge in [-0.3, -0.25) is 0 Å². The molecule has 0 rings (SSSR count). The van der Waals surface area contributed by atoms with Gasteiger partial charge in [0, 0.05) is 0 Å². The fourth-order valence-corrected chi connectivity index (χ4v) is 0.571. The molecule has 0 N–H and O–H groups in total. The summed E-state index contributed by atoms with van der Waals surface area (Å²) in [6, 6.07) is 0. The highest BCUT2D eigenvalue weighted by Gasteiger charge is 1.69. The van der Waals surface area contributed by atoms with Gasteiger partial charge in [-0.25, -0.2) is 0 Å². The minimum absolute atomic E-state index is 1.30. The van der Waals surface area contributed by atoms with Gasteiger partial charge in [0.15, 0.2) is 0 Å². The molecule has 0 nitrogen and oxygen atoms in total. The average molecular weight is 234 g/mol. The fraction of sp³-hybridized carbons (Fsp3) is 0.250. The molecule has 0 spiro atoms. The van der Waals surface area contributed by atoms with Crippen LogP contribution in [0.25, 0.3) is 0 Å². The smallest absolute Gasteiger partial charge is 0.0125 e. The fourth-order valence-electron chi connectivity index (χ4n) is 0.363. The van der Waals surface area contributed by atoms with Crippen molar-refractivity contribution in [3.05, 3.63) is 34.0 Å². The predicted molar refractivity (Wildman–Crippen MR) is 51.7 cm³/mol. The molecule has 0 radical (unpaired) electrons. The molecular formula is C8H11I. The quantitative estimate of drug-likeness (QED) is 0.507. The van der Waals surface area contributed by atoms with Crippen LogP contribution in [-0.4, -0.2) is 0 Å². The minimum atomic E-state index is 1.30. The second-order valence-electron chi connectivity index (χ2n) is 1.66. The highest BCUT2D eigenvalue weighted by atomic mass is 127. The van der Waals surface area contributed by atoms with E-state index in [1.807, 2.05) is 31.2 Å². The summed E-state index contributed by atoms with van der Waals surface area (Å²) in [4.78, 5) is 0. The van der Waals surface area contributed by atoms with Crippen LogP contribution in [0, 0.1) is 0 Å². The van der Waals surface area contributed by atoms with Crippen LogP contribution in [-0.2, 0) is 0 Å². The normalized spacial score (nSPS) is 13.9. The number of hydrogen-bond donors (Lipinski definition) is 0. The SMILES string of the molecule is C\C=C/C=C\C=C(/C)I. The number of hydrogen-bond acceptors (Lipinski definition) is 0. The molecule has 0 aliphatic rings. The van der Waals surface area contributed by atoms with Crippen LogP contribution in [0.15, 0.2) is 34.0 Å². The summed E-state index contributed by atoms with van der Waals surface area (Å²) in [6.45, 7) is 4.07. The van der Waals surface area contributed by atoms with Crippen molar-refractivity contribution in [1.29, 1.82) is 0 Å². The Hall–Kier alpha value is -0.0500. The molecule has 0 aromatic rings. The topological polar surface area (TPSA) is 0 Å². The van der Waals surface area contributed by atoms with Crippen molar-refractivity contribution >= 4 is 22.6 Å². The molecule has 0 aromatic carbocycles. The summed E-state index contributed by atoms with van der Waals surface area (Å²) in [5.41, 5.74) is 0. The Bertz CT molecular complexity index is 137. The van der Waals surface area contributed by atoms with Gasteiger partial charge in [0.1, 0.15) is 0 Å². The first-order chi connectivity index (χ1) is 4.27. The van der Waals surface area contributed by atoms with E-state index in [9.17, 15) is 0 Å². The summed E-state index contributed by atoms with van der Waals surface area (Å²) < 4.78 is 1.30. The van der Waals surface area contributed by atoms with Crippen LogP contribution in [0.3, 0.4) is 0 Å². The van der Waals surface area contributed by atoms with E-state index in [0.29, 0.717) is 0 Å². The van der Waals surface area contributed by atoms with E-state index in [4.69, 9.17) is 0 Å². The summed E-state index contributed by atoms with van der Waals surface area (Å²) >= 11 is 2.28. The zero-order chi connectivity index (χ0) is 7.11. The molecular weight excluding hydrogens is 223 g/mol. The maximum atomic E-state index is 2.28. The van der Waals surface area contributed by atoms with Gasteiger partial charge in [-0.1, -0.05) is 30.4 Å². The van der Waals surface area contributed by atoms with E-state index in [1.165, 1.54) is 3.58 Å². The van der Waals surface area contributed by atoms with E-state index < -0.39 is 0 Å². The van der Waals surface area contributed by atoms with E-state index in [0.717, 1.165) is 0 Å². The van der Waals surface area contributed by atoms with E-state index in [2.05, 4.69) is 35.6 Å². The van der Waals surface area contributed by atoms with Gasteiger partial charge < -0.3 is 0 Å². The van der Waals surface area contributed by atoms with Crippen LogP contribution in [0.5, 0.6) is 0 Å². The lowest BCUT2D eigenvalue weighted by molar-refractivity contribution is 1.69. The van der Waals surface area contributed by atoms with Crippen molar-refractivity contribution < 1.29 is 0 Å². The Labute approximate surface area is 70.5 Å². The Morgan fingerprint density at radius 1 is 1.22 bits per heavy atom. The minimum Gasteiger partial charge on any atom is -0.0877 e. The predicted octanol–water partition coefficient (Wildman–Crippen LogP) is 3.46. The molecule has 1 heteroatoms. The van der Waals surface area contributed by atoms with Gasteiger partial charge in [-0.05, 0) is 40.0 Å². The van der Waals surface area contributed by atoms with E-state index in [1.54, 1.807) is 0 Å². The Balaban J connectivity index is 3.60. The third-order valence-corrected chi connectivity index (χ3v) is 1.10. The van der Waals surface area contributed by atoms with Gasteiger partial charge >= 0.3 is 0 Å². The maximum absolute atomic E-state index is 2.28. The molecule has 0 aliphatic heterocycles. The second-order valence-corrected chi connectivity index (χ2v) is 3.37. The molecule has 0 aromatic heterocycles. The molecule has 0 unspecified atom stereocenters. The van der Waals surface area contributed by atoms with Gasteiger partial charge in [-0.2, -0.15) is 0 Å². The highest BCUT2D eigenvalue weighted by Crippen LogP contribution is 2.01. The monoisotopic (exact) mass is 234 g/mol. The highest BCUT2D eigenvalue weighted by molar-refractivity contribution is 14.1. The van der Waals surface area contributed by atoms with Crippen molar-refractivity contribution in [1.82, 2.24) is 0 Å². The lowest BCUT2D eigenvalue weighted by atomic mass is 10.4. The molecule has 0 bridgehead atoms. The van der Waals surface area contributed by atoms with Crippen LogP contribution < -0.4 is 0 Å². The number of rotatable bonds is 2. The van der Waals surface area contributed by atoms with Crippen molar-refractivity contribution in [3.8, 4) is 0 Å². The zero-order valence-corrected chi connectivity index (χ0v) is 7.92. The summed E-state index contributed by atoms with van der Waals surface area (Å²) in [6.07, 6.45) is 10.1. The maximum Gasteiger partial charge on any atom is -0.0125 e. The molecule has 9 heavy (non-hydrogen) atoms. The zero-order valence-electron chi connectivity index (χ0n) is 5.76. The molecule has 0 atom stereocenters. The second kappa shape index (κ2) is 6.08. The summed E-state index contributed by atoms with van der Waals surface area (Å²) in [7, 11) is 0. The largest absolute Gasteiger partial charge is 0.0877 e. The Morgan fingerprint density at radius 2 is 1.89 bits per heavy atom. The summed E-state index contributed by atoms with van der Waals surface area (Å²) in [5.74, 6) is 0. The van der Waals surface area contributed by atoms with Crippen molar-refractivity contribution in [2.24, 2.45) is 0 Å². The first-order valence-electron chi connectivity index (χ1n) is 2.89. The van der Waals surface area contributed by atoms with Crippen LogP contribution in [0.1, 0.15) is 13.8 Å². The molecule has 0 saturated carbocycles. The van der Waals surface area contributed by atoms with Crippen molar-refractivity contribution in [2.75, 3.05) is 0 Å². The third kappa shape index (κ3) is 7.95. The standard InChI is InChI=1S/C8H11I/c1-3-4-5-6-7-8(2)9/h3-7H,1-2H3/b4-3-,6-5-,8-7+. The van der Waals surface area contributed by atoms with E-state index in [-0.39, 0.29) is 0 Å².